The van der Waals surface area contributed by atoms with E-state index in [1.165, 1.54) is 0 Å². The Morgan fingerprint density at radius 2 is 1.07 bits per heavy atom. The lowest BCUT2D eigenvalue weighted by atomic mass is 10.0. The first-order chi connectivity index (χ1) is 6.86. The smallest absolute Gasteiger partial charge is 0.178 e. The van der Waals surface area contributed by atoms with E-state index in [1.54, 1.807) is 12.2 Å². The summed E-state index contributed by atoms with van der Waals surface area (Å²) in [6.07, 6.45) is 18.8. The van der Waals surface area contributed by atoms with Gasteiger partial charge in [-0.25, -0.2) is 0 Å². The molecule has 0 radical (unpaired) electrons. The van der Waals surface area contributed by atoms with Crippen LogP contribution in [0.5, 0.6) is 0 Å². The quantitative estimate of drug-likeness (QED) is 0.563. The SMILES string of the molecule is O=C1C=CC(=C2C=CC=CC=C2)C=C1. The van der Waals surface area contributed by atoms with Crippen LogP contribution in [0.15, 0.2) is 71.9 Å². The Bertz CT molecular complexity index is 390. The van der Waals surface area contributed by atoms with Crippen molar-refractivity contribution in [2.45, 2.75) is 0 Å². The zero-order valence-electron chi connectivity index (χ0n) is 7.68. The van der Waals surface area contributed by atoms with Gasteiger partial charge in [0.2, 0.25) is 0 Å². The van der Waals surface area contributed by atoms with Crippen molar-refractivity contribution in [3.8, 4) is 0 Å². The van der Waals surface area contributed by atoms with Gasteiger partial charge in [-0.1, -0.05) is 48.6 Å². The summed E-state index contributed by atoms with van der Waals surface area (Å²) in [6.45, 7) is 0. The largest absolute Gasteiger partial charge is 0.290 e. The Hall–Kier alpha value is -1.89. The average molecular weight is 182 g/mol. The second-order valence-electron chi connectivity index (χ2n) is 3.08. The molecule has 0 aromatic carbocycles. The molecule has 0 aliphatic heterocycles. The van der Waals surface area contributed by atoms with E-state index in [9.17, 15) is 4.79 Å². The molecule has 0 unspecified atom stereocenters. The molecule has 0 N–H and O–H groups in total. The van der Waals surface area contributed by atoms with Crippen LogP contribution in [-0.2, 0) is 4.79 Å². The zero-order chi connectivity index (χ0) is 9.80. The Balaban J connectivity index is 2.37. The van der Waals surface area contributed by atoms with Crippen LogP contribution in [0.25, 0.3) is 0 Å². The lowest BCUT2D eigenvalue weighted by Gasteiger charge is -2.02. The number of carbonyl (C=O) groups is 1. The van der Waals surface area contributed by atoms with Crippen molar-refractivity contribution >= 4 is 5.78 Å². The summed E-state index contributed by atoms with van der Waals surface area (Å²) in [7, 11) is 0. The molecule has 68 valence electrons. The van der Waals surface area contributed by atoms with Crippen molar-refractivity contribution in [3.05, 3.63) is 71.9 Å². The molecule has 14 heavy (non-hydrogen) atoms. The molecule has 0 amide bonds. The molecule has 0 fully saturated rings. The fraction of sp³-hybridized carbons (Fsp3) is 0. The number of carbonyl (C=O) groups excluding carboxylic acids is 1. The third kappa shape index (κ3) is 1.88. The third-order valence-electron chi connectivity index (χ3n) is 2.07. The van der Waals surface area contributed by atoms with Crippen LogP contribution in [0.4, 0.5) is 0 Å². The van der Waals surface area contributed by atoms with E-state index in [1.807, 2.05) is 48.6 Å². The first-order valence-corrected chi connectivity index (χ1v) is 4.52. The first kappa shape index (κ1) is 8.70. The van der Waals surface area contributed by atoms with Crippen LogP contribution in [0.2, 0.25) is 0 Å². The van der Waals surface area contributed by atoms with Crippen molar-refractivity contribution in [3.63, 3.8) is 0 Å². The Morgan fingerprint density at radius 1 is 0.571 bits per heavy atom. The van der Waals surface area contributed by atoms with Crippen LogP contribution in [0.1, 0.15) is 0 Å². The number of hydrogen-bond acceptors (Lipinski definition) is 1. The number of rotatable bonds is 0. The normalized spacial score (nSPS) is 19.3. The van der Waals surface area contributed by atoms with E-state index in [-0.39, 0.29) is 5.78 Å². The minimum absolute atomic E-state index is 0.0501. The molecule has 0 saturated carbocycles. The summed E-state index contributed by atoms with van der Waals surface area (Å²) in [5.41, 5.74) is 2.19. The maximum absolute atomic E-state index is 10.9. The predicted molar refractivity (Wildman–Crippen MR) is 57.7 cm³/mol. The summed E-state index contributed by atoms with van der Waals surface area (Å²) in [6, 6.07) is 0. The average Bonchev–Trinajstić information content (AvgIpc) is 2.47. The van der Waals surface area contributed by atoms with Gasteiger partial charge in [-0.3, -0.25) is 4.79 Å². The molecule has 0 atom stereocenters. The molecule has 1 nitrogen and oxygen atoms in total. The highest BCUT2D eigenvalue weighted by Gasteiger charge is 2.01. The Labute approximate surface area is 83.1 Å². The van der Waals surface area contributed by atoms with E-state index >= 15 is 0 Å². The van der Waals surface area contributed by atoms with Gasteiger partial charge in [-0.05, 0) is 23.3 Å². The van der Waals surface area contributed by atoms with Crippen LogP contribution in [-0.4, -0.2) is 5.78 Å². The Kier molecular flexibility index (Phi) is 2.41. The lowest BCUT2D eigenvalue weighted by molar-refractivity contribution is -0.110. The second kappa shape index (κ2) is 3.88. The molecular formula is C13H10O. The van der Waals surface area contributed by atoms with Gasteiger partial charge >= 0.3 is 0 Å². The molecule has 0 spiro atoms. The number of allylic oxidation sites excluding steroid dienone is 12. The van der Waals surface area contributed by atoms with E-state index < -0.39 is 0 Å². The van der Waals surface area contributed by atoms with Crippen molar-refractivity contribution in [2.75, 3.05) is 0 Å². The summed E-state index contributed by atoms with van der Waals surface area (Å²) in [5.74, 6) is 0.0501. The maximum atomic E-state index is 10.9. The van der Waals surface area contributed by atoms with Crippen molar-refractivity contribution in [1.82, 2.24) is 0 Å². The third-order valence-corrected chi connectivity index (χ3v) is 2.07. The summed E-state index contributed by atoms with van der Waals surface area (Å²) in [4.78, 5) is 10.9. The minimum Gasteiger partial charge on any atom is -0.290 e. The molecular weight excluding hydrogens is 172 g/mol. The highest BCUT2D eigenvalue weighted by Crippen LogP contribution is 2.16. The van der Waals surface area contributed by atoms with Gasteiger partial charge in [-0.15, -0.1) is 0 Å². The fourth-order valence-corrected chi connectivity index (χ4v) is 1.34. The molecule has 2 aliphatic carbocycles. The predicted octanol–water partition coefficient (Wildman–Crippen LogP) is 2.66. The van der Waals surface area contributed by atoms with Crippen molar-refractivity contribution in [2.24, 2.45) is 0 Å². The van der Waals surface area contributed by atoms with Gasteiger partial charge in [0.1, 0.15) is 0 Å². The van der Waals surface area contributed by atoms with Crippen LogP contribution >= 0.6 is 0 Å². The lowest BCUT2D eigenvalue weighted by Crippen LogP contribution is -1.93. The molecule has 1 heteroatoms. The fourth-order valence-electron chi connectivity index (χ4n) is 1.34. The number of ketones is 1. The minimum atomic E-state index is 0.0501. The van der Waals surface area contributed by atoms with Gasteiger partial charge in [0, 0.05) is 0 Å². The van der Waals surface area contributed by atoms with Gasteiger partial charge in [-0.2, -0.15) is 0 Å². The van der Waals surface area contributed by atoms with Crippen molar-refractivity contribution < 1.29 is 4.79 Å². The second-order valence-corrected chi connectivity index (χ2v) is 3.08. The van der Waals surface area contributed by atoms with E-state index in [0.29, 0.717) is 0 Å². The molecule has 0 saturated heterocycles. The monoisotopic (exact) mass is 182 g/mol. The highest BCUT2D eigenvalue weighted by molar-refractivity contribution is 6.01. The number of hydrogen-bond donors (Lipinski definition) is 0. The molecule has 2 rings (SSSR count). The van der Waals surface area contributed by atoms with E-state index in [0.717, 1.165) is 11.1 Å². The molecule has 0 aromatic heterocycles. The van der Waals surface area contributed by atoms with Crippen molar-refractivity contribution in [1.29, 1.82) is 0 Å². The van der Waals surface area contributed by atoms with Crippen LogP contribution in [0, 0.1) is 0 Å². The molecule has 2 aliphatic rings. The maximum Gasteiger partial charge on any atom is 0.178 e. The Morgan fingerprint density at radius 3 is 1.64 bits per heavy atom. The standard InChI is InChI=1S/C13H10O/c14-13-9-7-12(8-10-13)11-5-3-1-2-4-6-11/h1-10H. The van der Waals surface area contributed by atoms with Gasteiger partial charge < -0.3 is 0 Å². The highest BCUT2D eigenvalue weighted by atomic mass is 16.1. The van der Waals surface area contributed by atoms with Crippen LogP contribution in [0.3, 0.4) is 0 Å². The van der Waals surface area contributed by atoms with Gasteiger partial charge in [0.15, 0.2) is 5.78 Å². The summed E-state index contributed by atoms with van der Waals surface area (Å²) in [5, 5.41) is 0. The van der Waals surface area contributed by atoms with E-state index in [2.05, 4.69) is 0 Å². The summed E-state index contributed by atoms with van der Waals surface area (Å²) >= 11 is 0. The topological polar surface area (TPSA) is 17.1 Å². The van der Waals surface area contributed by atoms with Gasteiger partial charge in [0.25, 0.3) is 0 Å². The van der Waals surface area contributed by atoms with E-state index in [4.69, 9.17) is 0 Å². The molecule has 0 aromatic rings. The first-order valence-electron chi connectivity index (χ1n) is 4.52. The molecule has 0 heterocycles. The summed E-state index contributed by atoms with van der Waals surface area (Å²) < 4.78 is 0. The van der Waals surface area contributed by atoms with Gasteiger partial charge in [0.05, 0.1) is 0 Å². The zero-order valence-corrected chi connectivity index (χ0v) is 7.68. The molecule has 0 bridgehead atoms. The van der Waals surface area contributed by atoms with Crippen LogP contribution < -0.4 is 0 Å².